The molecule has 80 valence electrons. The molecule has 2 nitrogen and oxygen atoms in total. The van der Waals surface area contributed by atoms with E-state index in [9.17, 15) is 0 Å². The molecule has 0 saturated carbocycles. The summed E-state index contributed by atoms with van der Waals surface area (Å²) in [4.78, 5) is 1.26. The van der Waals surface area contributed by atoms with Gasteiger partial charge in [0.15, 0.2) is 0 Å². The standard InChI is InChI=1S/C10H15NOS.ClH/c11-9(8-12)6-7-13-10-4-2-1-3-5-10;/h1-5,9,12H,6-8,11H2;1H/t9-;/m0./s1. The number of hydrogen-bond donors (Lipinski definition) is 2. The maximum absolute atomic E-state index is 8.70. The monoisotopic (exact) mass is 233 g/mol. The zero-order chi connectivity index (χ0) is 9.52. The van der Waals surface area contributed by atoms with Crippen molar-refractivity contribution in [2.45, 2.75) is 17.4 Å². The van der Waals surface area contributed by atoms with Crippen LogP contribution in [0.25, 0.3) is 0 Å². The highest BCUT2D eigenvalue weighted by atomic mass is 35.5. The molecule has 1 rings (SSSR count). The van der Waals surface area contributed by atoms with Gasteiger partial charge in [0.05, 0.1) is 6.61 Å². The molecule has 1 aromatic rings. The molecule has 1 atom stereocenters. The van der Waals surface area contributed by atoms with E-state index in [2.05, 4.69) is 12.1 Å². The Bertz CT molecular complexity index is 233. The molecule has 3 N–H and O–H groups in total. The number of aliphatic hydroxyl groups is 1. The fourth-order valence-electron chi connectivity index (χ4n) is 0.936. The Hall–Kier alpha value is -0.220. The van der Waals surface area contributed by atoms with Crippen molar-refractivity contribution in [1.29, 1.82) is 0 Å². The third-order valence-electron chi connectivity index (χ3n) is 1.74. The van der Waals surface area contributed by atoms with Crippen LogP contribution in [0.5, 0.6) is 0 Å². The van der Waals surface area contributed by atoms with Crippen molar-refractivity contribution in [3.63, 3.8) is 0 Å². The summed E-state index contributed by atoms with van der Waals surface area (Å²) in [5, 5.41) is 8.70. The second kappa shape index (κ2) is 8.12. The summed E-state index contributed by atoms with van der Waals surface area (Å²) in [5.74, 6) is 0.964. The van der Waals surface area contributed by atoms with Gasteiger partial charge in [0.2, 0.25) is 0 Å². The van der Waals surface area contributed by atoms with E-state index in [-0.39, 0.29) is 25.1 Å². The van der Waals surface area contributed by atoms with E-state index in [1.807, 2.05) is 18.2 Å². The molecule has 0 saturated heterocycles. The molecule has 0 aliphatic heterocycles. The number of hydrogen-bond acceptors (Lipinski definition) is 3. The summed E-state index contributed by atoms with van der Waals surface area (Å²) >= 11 is 1.77. The van der Waals surface area contributed by atoms with E-state index in [0.717, 1.165) is 12.2 Å². The van der Waals surface area contributed by atoms with Gasteiger partial charge in [0, 0.05) is 10.9 Å². The minimum absolute atomic E-state index is 0. The predicted octanol–water partition coefficient (Wildman–Crippen LogP) is 1.91. The lowest BCUT2D eigenvalue weighted by Crippen LogP contribution is -2.24. The van der Waals surface area contributed by atoms with Gasteiger partial charge in [0.25, 0.3) is 0 Å². The molecule has 0 amide bonds. The lowest BCUT2D eigenvalue weighted by Gasteiger charge is -2.06. The van der Waals surface area contributed by atoms with Crippen molar-refractivity contribution >= 4 is 24.2 Å². The lowest BCUT2D eigenvalue weighted by atomic mass is 10.3. The van der Waals surface area contributed by atoms with E-state index in [1.165, 1.54) is 4.90 Å². The summed E-state index contributed by atoms with van der Waals surface area (Å²) in [5.41, 5.74) is 5.57. The minimum atomic E-state index is -0.0730. The van der Waals surface area contributed by atoms with Gasteiger partial charge in [-0.2, -0.15) is 0 Å². The van der Waals surface area contributed by atoms with Crippen LogP contribution in [-0.4, -0.2) is 23.5 Å². The van der Waals surface area contributed by atoms with Gasteiger partial charge >= 0.3 is 0 Å². The Morgan fingerprint density at radius 2 is 1.93 bits per heavy atom. The fourth-order valence-corrected chi connectivity index (χ4v) is 1.94. The molecule has 1 aromatic carbocycles. The normalized spacial score (nSPS) is 11.9. The van der Waals surface area contributed by atoms with Gasteiger partial charge in [-0.25, -0.2) is 0 Å². The highest BCUT2D eigenvalue weighted by Gasteiger charge is 1.99. The molecule has 4 heteroatoms. The Balaban J connectivity index is 0.00000169. The van der Waals surface area contributed by atoms with Crippen molar-refractivity contribution in [3.05, 3.63) is 30.3 Å². The summed E-state index contributed by atoms with van der Waals surface area (Å²) < 4.78 is 0. The van der Waals surface area contributed by atoms with Crippen LogP contribution in [0, 0.1) is 0 Å². The number of nitrogens with two attached hydrogens (primary N) is 1. The summed E-state index contributed by atoms with van der Waals surface area (Å²) in [7, 11) is 0. The maximum Gasteiger partial charge on any atom is 0.0582 e. The highest BCUT2D eigenvalue weighted by molar-refractivity contribution is 7.99. The topological polar surface area (TPSA) is 46.2 Å². The third-order valence-corrected chi connectivity index (χ3v) is 2.78. The third kappa shape index (κ3) is 5.50. The van der Waals surface area contributed by atoms with Gasteiger partial charge in [-0.1, -0.05) is 18.2 Å². The average Bonchev–Trinajstić information content (AvgIpc) is 2.19. The zero-order valence-corrected chi connectivity index (χ0v) is 9.56. The van der Waals surface area contributed by atoms with Crippen LogP contribution in [0.4, 0.5) is 0 Å². The molecule has 0 aromatic heterocycles. The molecule has 0 aliphatic rings. The van der Waals surface area contributed by atoms with Gasteiger partial charge in [-0.3, -0.25) is 0 Å². The van der Waals surface area contributed by atoms with Gasteiger partial charge in [-0.15, -0.1) is 24.2 Å². The molecule has 14 heavy (non-hydrogen) atoms. The molecule has 0 spiro atoms. The second-order valence-corrected chi connectivity index (χ2v) is 4.06. The van der Waals surface area contributed by atoms with E-state index in [4.69, 9.17) is 10.8 Å². The second-order valence-electron chi connectivity index (χ2n) is 2.89. The van der Waals surface area contributed by atoms with Crippen LogP contribution in [-0.2, 0) is 0 Å². The Morgan fingerprint density at radius 3 is 2.50 bits per heavy atom. The molecular formula is C10H16ClNOS. The molecule has 0 bridgehead atoms. The number of thioether (sulfide) groups is 1. The fraction of sp³-hybridized carbons (Fsp3) is 0.400. The Labute approximate surface area is 95.3 Å². The first-order chi connectivity index (χ1) is 6.33. The molecule has 0 unspecified atom stereocenters. The lowest BCUT2D eigenvalue weighted by molar-refractivity contribution is 0.264. The van der Waals surface area contributed by atoms with Crippen LogP contribution >= 0.6 is 24.2 Å². The van der Waals surface area contributed by atoms with Gasteiger partial charge < -0.3 is 10.8 Å². The first kappa shape index (κ1) is 13.8. The van der Waals surface area contributed by atoms with Crippen LogP contribution in [0.1, 0.15) is 6.42 Å². The molecule has 0 aliphatic carbocycles. The summed E-state index contributed by atoms with van der Waals surface area (Å²) in [6, 6.07) is 10.1. The summed E-state index contributed by atoms with van der Waals surface area (Å²) in [6.07, 6.45) is 0.857. The highest BCUT2D eigenvalue weighted by Crippen LogP contribution is 2.17. The molecule has 0 radical (unpaired) electrons. The molecule has 0 heterocycles. The van der Waals surface area contributed by atoms with Crippen molar-refractivity contribution in [1.82, 2.24) is 0 Å². The van der Waals surface area contributed by atoms with Crippen LogP contribution in [0.3, 0.4) is 0 Å². The average molecular weight is 234 g/mol. The van der Waals surface area contributed by atoms with E-state index < -0.39 is 0 Å². The van der Waals surface area contributed by atoms with Crippen LogP contribution in [0.2, 0.25) is 0 Å². The number of aliphatic hydroxyl groups excluding tert-OH is 1. The molecular weight excluding hydrogens is 218 g/mol. The maximum atomic E-state index is 8.70. The quantitative estimate of drug-likeness (QED) is 0.764. The van der Waals surface area contributed by atoms with Crippen LogP contribution < -0.4 is 5.73 Å². The number of halogens is 1. The van der Waals surface area contributed by atoms with Crippen molar-refractivity contribution < 1.29 is 5.11 Å². The van der Waals surface area contributed by atoms with E-state index >= 15 is 0 Å². The van der Waals surface area contributed by atoms with Gasteiger partial charge in [-0.05, 0) is 24.3 Å². The van der Waals surface area contributed by atoms with E-state index in [1.54, 1.807) is 11.8 Å². The van der Waals surface area contributed by atoms with Crippen molar-refractivity contribution in [2.24, 2.45) is 5.73 Å². The smallest absolute Gasteiger partial charge is 0.0582 e. The predicted molar refractivity (Wildman–Crippen MR) is 64.1 cm³/mol. The zero-order valence-electron chi connectivity index (χ0n) is 7.93. The largest absolute Gasteiger partial charge is 0.395 e. The van der Waals surface area contributed by atoms with Crippen LogP contribution in [0.15, 0.2) is 35.2 Å². The van der Waals surface area contributed by atoms with Crippen molar-refractivity contribution in [3.8, 4) is 0 Å². The SMILES string of the molecule is Cl.N[C@H](CO)CCSc1ccccc1. The number of benzene rings is 1. The van der Waals surface area contributed by atoms with Crippen molar-refractivity contribution in [2.75, 3.05) is 12.4 Å². The Kier molecular flexibility index (Phi) is 7.99. The first-order valence-corrected chi connectivity index (χ1v) is 5.36. The minimum Gasteiger partial charge on any atom is -0.395 e. The van der Waals surface area contributed by atoms with E-state index in [0.29, 0.717) is 0 Å². The first-order valence-electron chi connectivity index (χ1n) is 4.37. The Morgan fingerprint density at radius 1 is 1.29 bits per heavy atom. The summed E-state index contributed by atoms with van der Waals surface area (Å²) in [6.45, 7) is 0.0787. The molecule has 0 fully saturated rings. The number of rotatable bonds is 5. The van der Waals surface area contributed by atoms with Gasteiger partial charge in [0.1, 0.15) is 0 Å².